The van der Waals surface area contributed by atoms with Crippen molar-refractivity contribution in [2.45, 2.75) is 38.4 Å². The summed E-state index contributed by atoms with van der Waals surface area (Å²) in [6.07, 6.45) is 0. The average Bonchev–Trinajstić information content (AvgIpc) is 2.38. The maximum Gasteiger partial charge on any atom is 0.313 e. The van der Waals surface area contributed by atoms with Crippen molar-refractivity contribution in [1.29, 1.82) is 0 Å². The van der Waals surface area contributed by atoms with Crippen molar-refractivity contribution in [3.63, 3.8) is 0 Å². The fourth-order valence-corrected chi connectivity index (χ4v) is 2.41. The number of hydrogen-bond acceptors (Lipinski definition) is 4. The molecule has 0 saturated heterocycles. The topological polar surface area (TPSA) is 101 Å². The lowest BCUT2D eigenvalue weighted by molar-refractivity contribution is -0.142. The third-order valence-electron chi connectivity index (χ3n) is 3.48. The third kappa shape index (κ3) is 4.30. The normalized spacial score (nSPS) is 12.2. The van der Waals surface area contributed by atoms with Crippen LogP contribution in [-0.2, 0) is 24.8 Å². The zero-order chi connectivity index (χ0) is 17.1. The van der Waals surface area contributed by atoms with Gasteiger partial charge >= 0.3 is 5.97 Å². The number of benzene rings is 1. The largest absolute Gasteiger partial charge is 0.481 e. The molecule has 0 aliphatic heterocycles. The first-order valence-corrected chi connectivity index (χ1v) is 8.53. The first kappa shape index (κ1) is 18.2. The van der Waals surface area contributed by atoms with Crippen molar-refractivity contribution in [2.75, 3.05) is 11.1 Å². The van der Waals surface area contributed by atoms with E-state index in [0.29, 0.717) is 11.3 Å². The minimum Gasteiger partial charge on any atom is -0.481 e. The molecule has 1 amide bonds. The highest BCUT2D eigenvalue weighted by Gasteiger charge is 2.29. The van der Waals surface area contributed by atoms with E-state index in [9.17, 15) is 18.0 Å². The SMILES string of the molecule is CC(C)S(=O)(=O)CC(=O)Nc1ccc(C(C)(C)C(=O)O)cc1. The highest BCUT2D eigenvalue weighted by Crippen LogP contribution is 2.24. The van der Waals surface area contributed by atoms with Crippen LogP contribution in [0.2, 0.25) is 0 Å². The summed E-state index contributed by atoms with van der Waals surface area (Å²) < 4.78 is 23.3. The van der Waals surface area contributed by atoms with Crippen LogP contribution < -0.4 is 5.32 Å². The van der Waals surface area contributed by atoms with Gasteiger partial charge in [-0.3, -0.25) is 9.59 Å². The van der Waals surface area contributed by atoms with Gasteiger partial charge < -0.3 is 10.4 Å². The van der Waals surface area contributed by atoms with Gasteiger partial charge in [-0.25, -0.2) is 8.42 Å². The minimum absolute atomic E-state index is 0.425. The van der Waals surface area contributed by atoms with E-state index in [-0.39, 0.29) is 0 Å². The summed E-state index contributed by atoms with van der Waals surface area (Å²) in [7, 11) is -3.45. The van der Waals surface area contributed by atoms with Gasteiger partial charge in [-0.1, -0.05) is 12.1 Å². The number of carboxylic acids is 1. The Morgan fingerprint density at radius 3 is 2.09 bits per heavy atom. The summed E-state index contributed by atoms with van der Waals surface area (Å²) in [5, 5.41) is 11.0. The molecule has 0 unspecified atom stereocenters. The van der Waals surface area contributed by atoms with Crippen LogP contribution >= 0.6 is 0 Å². The van der Waals surface area contributed by atoms with Gasteiger partial charge in [0.15, 0.2) is 9.84 Å². The van der Waals surface area contributed by atoms with E-state index >= 15 is 0 Å². The summed E-state index contributed by atoms with van der Waals surface area (Å²) in [6, 6.07) is 6.31. The monoisotopic (exact) mass is 327 g/mol. The Morgan fingerprint density at radius 2 is 1.68 bits per heavy atom. The third-order valence-corrected chi connectivity index (χ3v) is 5.58. The Kier molecular flexibility index (Phi) is 5.35. The number of anilines is 1. The molecule has 22 heavy (non-hydrogen) atoms. The van der Waals surface area contributed by atoms with Crippen molar-refractivity contribution < 1.29 is 23.1 Å². The molecule has 7 heteroatoms. The zero-order valence-electron chi connectivity index (χ0n) is 13.1. The second-order valence-corrected chi connectivity index (χ2v) is 8.47. The number of sulfone groups is 1. The molecule has 0 fully saturated rings. The standard InChI is InChI=1S/C15H21NO5S/c1-10(2)22(20,21)9-13(17)16-12-7-5-11(6-8-12)15(3,4)14(18)19/h5-8,10H,9H2,1-4H3,(H,16,17)(H,18,19). The number of nitrogens with one attached hydrogen (secondary N) is 1. The molecule has 0 spiro atoms. The molecule has 6 nitrogen and oxygen atoms in total. The van der Waals surface area contributed by atoms with E-state index in [1.165, 1.54) is 13.8 Å². The number of rotatable bonds is 6. The molecular formula is C15H21NO5S. The number of aliphatic carboxylic acids is 1. The maximum absolute atomic E-state index is 11.7. The quantitative estimate of drug-likeness (QED) is 0.830. The molecular weight excluding hydrogens is 306 g/mol. The average molecular weight is 327 g/mol. The Bertz CT molecular complexity index is 660. The van der Waals surface area contributed by atoms with Gasteiger partial charge in [-0.05, 0) is 45.4 Å². The van der Waals surface area contributed by atoms with Crippen LogP contribution in [0.3, 0.4) is 0 Å². The lowest BCUT2D eigenvalue weighted by atomic mass is 9.85. The summed E-state index contributed by atoms with van der Waals surface area (Å²) in [5.74, 6) is -2.14. The van der Waals surface area contributed by atoms with Crippen LogP contribution in [0.4, 0.5) is 5.69 Å². The van der Waals surface area contributed by atoms with E-state index < -0.39 is 38.1 Å². The first-order chi connectivity index (χ1) is 9.96. The molecule has 0 atom stereocenters. The minimum atomic E-state index is -3.45. The highest BCUT2D eigenvalue weighted by atomic mass is 32.2. The van der Waals surface area contributed by atoms with E-state index in [1.807, 2.05) is 0 Å². The van der Waals surface area contributed by atoms with Gasteiger partial charge in [0, 0.05) is 5.69 Å². The molecule has 0 heterocycles. The molecule has 2 N–H and O–H groups in total. The van der Waals surface area contributed by atoms with Crippen molar-refractivity contribution in [3.8, 4) is 0 Å². The number of amides is 1. The Labute approximate surface area is 130 Å². The molecule has 0 bridgehead atoms. The van der Waals surface area contributed by atoms with Crippen LogP contribution in [0.15, 0.2) is 24.3 Å². The molecule has 0 aliphatic carbocycles. The fraction of sp³-hybridized carbons (Fsp3) is 0.467. The fourth-order valence-electron chi connectivity index (χ4n) is 1.64. The van der Waals surface area contributed by atoms with Gasteiger partial charge in [0.1, 0.15) is 5.75 Å². The van der Waals surface area contributed by atoms with Crippen LogP contribution in [0.25, 0.3) is 0 Å². The summed E-state index contributed by atoms with van der Waals surface area (Å²) >= 11 is 0. The highest BCUT2D eigenvalue weighted by molar-refractivity contribution is 7.92. The molecule has 122 valence electrons. The van der Waals surface area contributed by atoms with Crippen LogP contribution in [0.1, 0.15) is 33.3 Å². The predicted molar refractivity (Wildman–Crippen MR) is 84.7 cm³/mol. The summed E-state index contributed by atoms with van der Waals surface area (Å²) in [5.41, 5.74) is -0.0227. The van der Waals surface area contributed by atoms with Gasteiger partial charge in [0.2, 0.25) is 5.91 Å². The first-order valence-electron chi connectivity index (χ1n) is 6.82. The van der Waals surface area contributed by atoms with Crippen LogP contribution in [0, 0.1) is 0 Å². The second-order valence-electron chi connectivity index (χ2n) is 5.91. The lowest BCUT2D eigenvalue weighted by Gasteiger charge is -2.19. The molecule has 0 saturated carbocycles. The van der Waals surface area contributed by atoms with Gasteiger partial charge in [-0.15, -0.1) is 0 Å². The van der Waals surface area contributed by atoms with Gasteiger partial charge in [-0.2, -0.15) is 0 Å². The summed E-state index contributed by atoms with van der Waals surface area (Å²) in [4.78, 5) is 22.9. The van der Waals surface area contributed by atoms with Gasteiger partial charge in [0.05, 0.1) is 10.7 Å². The molecule has 0 radical (unpaired) electrons. The molecule has 0 aliphatic rings. The van der Waals surface area contributed by atoms with Crippen molar-refractivity contribution in [2.24, 2.45) is 0 Å². The smallest absolute Gasteiger partial charge is 0.313 e. The van der Waals surface area contributed by atoms with E-state index in [2.05, 4.69) is 5.32 Å². The van der Waals surface area contributed by atoms with Crippen molar-refractivity contribution >= 4 is 27.4 Å². The van der Waals surface area contributed by atoms with Crippen LogP contribution in [-0.4, -0.2) is 36.4 Å². The second kappa shape index (κ2) is 6.48. The molecule has 0 aromatic heterocycles. The number of hydrogen-bond donors (Lipinski definition) is 2. The van der Waals surface area contributed by atoms with Crippen molar-refractivity contribution in [3.05, 3.63) is 29.8 Å². The summed E-state index contributed by atoms with van der Waals surface area (Å²) in [6.45, 7) is 6.20. The lowest BCUT2D eigenvalue weighted by Crippen LogP contribution is -2.29. The van der Waals surface area contributed by atoms with E-state index in [1.54, 1.807) is 38.1 Å². The molecule has 1 aromatic carbocycles. The Hall–Kier alpha value is -1.89. The predicted octanol–water partition coefficient (Wildman–Crippen LogP) is 1.81. The van der Waals surface area contributed by atoms with Gasteiger partial charge in [0.25, 0.3) is 0 Å². The van der Waals surface area contributed by atoms with Crippen molar-refractivity contribution in [1.82, 2.24) is 0 Å². The molecule has 1 rings (SSSR count). The molecule has 1 aromatic rings. The van der Waals surface area contributed by atoms with E-state index in [0.717, 1.165) is 0 Å². The van der Waals surface area contributed by atoms with E-state index in [4.69, 9.17) is 5.11 Å². The zero-order valence-corrected chi connectivity index (χ0v) is 13.9. The van der Waals surface area contributed by atoms with Crippen LogP contribution in [0.5, 0.6) is 0 Å². The number of carbonyl (C=O) groups is 2. The Morgan fingerprint density at radius 1 is 1.18 bits per heavy atom. The number of carboxylic acid groups (broad SMARTS) is 1. The Balaban J connectivity index is 2.81. The number of carbonyl (C=O) groups excluding carboxylic acids is 1. The maximum atomic E-state index is 11.7.